The van der Waals surface area contributed by atoms with Gasteiger partial charge in [0.05, 0.1) is 16.3 Å². The number of fused-ring (bicyclic) bond motifs is 1. The number of benzene rings is 2. The number of thiazole rings is 1. The first-order valence-corrected chi connectivity index (χ1v) is 11.3. The molecule has 1 aliphatic heterocycles. The quantitative estimate of drug-likeness (QED) is 0.500. The number of aliphatic hydroxyl groups is 1. The molecule has 0 spiro atoms. The van der Waals surface area contributed by atoms with Crippen molar-refractivity contribution in [3.8, 4) is 11.5 Å². The van der Waals surface area contributed by atoms with Gasteiger partial charge in [0.1, 0.15) is 0 Å². The molecule has 4 rings (SSSR count). The Balaban J connectivity index is 1.24. The molecule has 3 aromatic rings. The summed E-state index contributed by atoms with van der Waals surface area (Å²) in [6.07, 6.45) is 3.02. The van der Waals surface area contributed by atoms with Crippen LogP contribution in [0.2, 0.25) is 0 Å². The lowest BCUT2D eigenvalue weighted by Gasteiger charge is -2.37. The van der Waals surface area contributed by atoms with E-state index in [-0.39, 0.29) is 11.5 Å². The Bertz CT molecular complexity index is 952. The fourth-order valence-electron chi connectivity index (χ4n) is 4.10. The highest BCUT2D eigenvalue weighted by molar-refractivity contribution is 7.22. The molecule has 0 amide bonds. The molecule has 7 heteroatoms. The standard InChI is InChI=1S/C23H29N3O3S/c1-25(23-24-19-4-2-3-5-22(19)30-23)17-10-12-26(13-11-17)15-18(27)8-6-16-7-9-20(28)21(29)14-16/h2-5,7,9,14,17-18,27-29H,6,8,10-13,15H2,1H3. The topological polar surface area (TPSA) is 80.1 Å². The van der Waals surface area contributed by atoms with E-state index >= 15 is 0 Å². The van der Waals surface area contributed by atoms with E-state index in [9.17, 15) is 15.3 Å². The maximum atomic E-state index is 10.4. The van der Waals surface area contributed by atoms with E-state index in [1.165, 1.54) is 10.8 Å². The summed E-state index contributed by atoms with van der Waals surface area (Å²) < 4.78 is 1.22. The Morgan fingerprint density at radius 1 is 1.13 bits per heavy atom. The van der Waals surface area contributed by atoms with Crippen molar-refractivity contribution in [1.29, 1.82) is 0 Å². The lowest BCUT2D eigenvalue weighted by molar-refractivity contribution is 0.0913. The third-order valence-corrected chi connectivity index (χ3v) is 7.09. The van der Waals surface area contributed by atoms with Crippen molar-refractivity contribution in [2.75, 3.05) is 31.6 Å². The normalized spacial score (nSPS) is 16.7. The van der Waals surface area contributed by atoms with Gasteiger partial charge in [0.15, 0.2) is 16.6 Å². The number of hydrogen-bond donors (Lipinski definition) is 3. The summed E-state index contributed by atoms with van der Waals surface area (Å²) in [6, 6.07) is 13.6. The summed E-state index contributed by atoms with van der Waals surface area (Å²) >= 11 is 1.74. The van der Waals surface area contributed by atoms with Crippen LogP contribution in [0.1, 0.15) is 24.8 Å². The number of para-hydroxylation sites is 1. The number of aromatic nitrogens is 1. The number of rotatable bonds is 7. The fourth-order valence-corrected chi connectivity index (χ4v) is 5.10. The van der Waals surface area contributed by atoms with Crippen molar-refractivity contribution in [2.45, 2.75) is 37.8 Å². The first-order chi connectivity index (χ1) is 14.5. The first kappa shape index (κ1) is 20.9. The number of anilines is 1. The maximum Gasteiger partial charge on any atom is 0.186 e. The minimum atomic E-state index is -0.403. The number of aryl methyl sites for hydroxylation is 1. The number of hydrogen-bond acceptors (Lipinski definition) is 7. The van der Waals surface area contributed by atoms with Crippen molar-refractivity contribution in [1.82, 2.24) is 9.88 Å². The van der Waals surface area contributed by atoms with Crippen LogP contribution in [0.3, 0.4) is 0 Å². The van der Waals surface area contributed by atoms with Gasteiger partial charge in [-0.1, -0.05) is 29.5 Å². The van der Waals surface area contributed by atoms with Crippen molar-refractivity contribution >= 4 is 26.7 Å². The van der Waals surface area contributed by atoms with Crippen LogP contribution in [0.15, 0.2) is 42.5 Å². The molecule has 1 aromatic heterocycles. The van der Waals surface area contributed by atoms with Crippen LogP contribution in [-0.4, -0.2) is 64.0 Å². The smallest absolute Gasteiger partial charge is 0.186 e. The monoisotopic (exact) mass is 427 g/mol. The molecule has 2 aromatic carbocycles. The lowest BCUT2D eigenvalue weighted by Crippen LogP contribution is -2.45. The summed E-state index contributed by atoms with van der Waals surface area (Å²) in [5, 5.41) is 30.5. The maximum absolute atomic E-state index is 10.4. The minimum absolute atomic E-state index is 0.110. The summed E-state index contributed by atoms with van der Waals surface area (Å²) in [7, 11) is 2.14. The van der Waals surface area contributed by atoms with E-state index in [2.05, 4.69) is 35.0 Å². The predicted octanol–water partition coefficient (Wildman–Crippen LogP) is 3.60. The zero-order valence-corrected chi connectivity index (χ0v) is 18.1. The minimum Gasteiger partial charge on any atom is -0.504 e. The largest absolute Gasteiger partial charge is 0.504 e. The molecule has 30 heavy (non-hydrogen) atoms. The summed E-state index contributed by atoms with van der Waals surface area (Å²) in [4.78, 5) is 9.43. The molecule has 1 unspecified atom stereocenters. The Kier molecular flexibility index (Phi) is 6.41. The van der Waals surface area contributed by atoms with Gasteiger partial charge in [-0.2, -0.15) is 0 Å². The van der Waals surface area contributed by atoms with E-state index in [0.29, 0.717) is 25.4 Å². The van der Waals surface area contributed by atoms with Crippen LogP contribution in [-0.2, 0) is 6.42 Å². The van der Waals surface area contributed by atoms with Crippen LogP contribution in [0.25, 0.3) is 10.2 Å². The van der Waals surface area contributed by atoms with Crippen LogP contribution in [0.5, 0.6) is 11.5 Å². The molecule has 1 saturated heterocycles. The average Bonchev–Trinajstić information content (AvgIpc) is 3.19. The zero-order chi connectivity index (χ0) is 21.1. The highest BCUT2D eigenvalue weighted by atomic mass is 32.1. The third-order valence-electron chi connectivity index (χ3n) is 5.96. The summed E-state index contributed by atoms with van der Waals surface area (Å²) in [6.45, 7) is 2.61. The summed E-state index contributed by atoms with van der Waals surface area (Å²) in [5.41, 5.74) is 1.98. The van der Waals surface area contributed by atoms with Gasteiger partial charge in [0.25, 0.3) is 0 Å². The highest BCUT2D eigenvalue weighted by Crippen LogP contribution is 2.31. The summed E-state index contributed by atoms with van der Waals surface area (Å²) in [5.74, 6) is -0.223. The molecule has 1 atom stereocenters. The second-order valence-electron chi connectivity index (χ2n) is 8.12. The Morgan fingerprint density at radius 3 is 2.63 bits per heavy atom. The van der Waals surface area contributed by atoms with Crippen molar-refractivity contribution in [3.05, 3.63) is 48.0 Å². The lowest BCUT2D eigenvalue weighted by atomic mass is 10.0. The zero-order valence-electron chi connectivity index (χ0n) is 17.2. The van der Waals surface area contributed by atoms with E-state index in [4.69, 9.17) is 4.98 Å². The molecular weight excluding hydrogens is 398 g/mol. The molecule has 0 radical (unpaired) electrons. The molecule has 0 saturated carbocycles. The van der Waals surface area contributed by atoms with Gasteiger partial charge in [-0.15, -0.1) is 0 Å². The van der Waals surface area contributed by atoms with Crippen LogP contribution in [0.4, 0.5) is 5.13 Å². The number of likely N-dealkylation sites (tertiary alicyclic amines) is 1. The van der Waals surface area contributed by atoms with Crippen molar-refractivity contribution in [2.24, 2.45) is 0 Å². The molecule has 0 bridgehead atoms. The van der Waals surface area contributed by atoms with E-state index in [1.807, 2.05) is 6.07 Å². The van der Waals surface area contributed by atoms with Crippen LogP contribution >= 0.6 is 11.3 Å². The number of aromatic hydroxyl groups is 2. The predicted molar refractivity (Wildman–Crippen MR) is 122 cm³/mol. The van der Waals surface area contributed by atoms with Gasteiger partial charge in [0.2, 0.25) is 0 Å². The first-order valence-electron chi connectivity index (χ1n) is 10.5. The van der Waals surface area contributed by atoms with Gasteiger partial charge < -0.3 is 25.1 Å². The molecule has 160 valence electrons. The number of piperidine rings is 1. The van der Waals surface area contributed by atoms with E-state index in [1.54, 1.807) is 23.5 Å². The highest BCUT2D eigenvalue weighted by Gasteiger charge is 2.25. The molecule has 0 aliphatic carbocycles. The molecule has 1 aliphatic rings. The average molecular weight is 428 g/mol. The SMILES string of the molecule is CN(c1nc2ccccc2s1)C1CCN(CC(O)CCc2ccc(O)c(O)c2)CC1. The van der Waals surface area contributed by atoms with Gasteiger partial charge in [-0.25, -0.2) is 4.98 Å². The number of β-amino-alcohol motifs (C(OH)–C–C–N with tert-alkyl or cyclic N) is 1. The van der Waals surface area contributed by atoms with Crippen LogP contribution in [0, 0.1) is 0 Å². The van der Waals surface area contributed by atoms with Gasteiger partial charge in [0, 0.05) is 32.7 Å². The van der Waals surface area contributed by atoms with E-state index < -0.39 is 6.10 Å². The number of phenolic OH excluding ortho intramolecular Hbond substituents is 2. The Hall–Kier alpha value is -2.35. The second kappa shape index (κ2) is 9.20. The van der Waals surface area contributed by atoms with Gasteiger partial charge in [-0.3, -0.25) is 0 Å². The van der Waals surface area contributed by atoms with Gasteiger partial charge >= 0.3 is 0 Å². The fraction of sp³-hybridized carbons (Fsp3) is 0.435. The molecule has 2 heterocycles. The van der Waals surface area contributed by atoms with E-state index in [0.717, 1.165) is 42.1 Å². The third kappa shape index (κ3) is 4.86. The molecule has 3 N–H and O–H groups in total. The molecule has 6 nitrogen and oxygen atoms in total. The Morgan fingerprint density at radius 2 is 1.90 bits per heavy atom. The second-order valence-corrected chi connectivity index (χ2v) is 9.13. The number of aliphatic hydroxyl groups excluding tert-OH is 1. The van der Waals surface area contributed by atoms with Crippen LogP contribution < -0.4 is 4.90 Å². The molecule has 1 fully saturated rings. The number of nitrogens with zero attached hydrogens (tertiary/aromatic N) is 3. The van der Waals surface area contributed by atoms with Crippen molar-refractivity contribution in [3.63, 3.8) is 0 Å². The number of phenols is 2. The van der Waals surface area contributed by atoms with Crippen molar-refractivity contribution < 1.29 is 15.3 Å². The van der Waals surface area contributed by atoms with Gasteiger partial charge in [-0.05, 0) is 55.5 Å². The molecular formula is C23H29N3O3S. The Labute approximate surface area is 181 Å².